The molecule has 3 heteroatoms. The fourth-order valence-corrected chi connectivity index (χ4v) is 1.58. The van der Waals surface area contributed by atoms with Crippen molar-refractivity contribution in [1.82, 2.24) is 0 Å². The van der Waals surface area contributed by atoms with E-state index in [-0.39, 0.29) is 6.29 Å². The van der Waals surface area contributed by atoms with Crippen molar-refractivity contribution in [3.63, 3.8) is 0 Å². The van der Waals surface area contributed by atoms with Gasteiger partial charge in [0.2, 0.25) is 6.29 Å². The quantitative estimate of drug-likeness (QED) is 0.621. The Hall–Kier alpha value is -0.700. The predicted molar refractivity (Wildman–Crippen MR) is 39.7 cm³/mol. The molecule has 2 heterocycles. The molecular weight excluding hydrogens is 148 g/mol. The number of fused-ring (bicyclic) bond motifs is 1. The largest absolute Gasteiger partial charge is 0.450 e. The zero-order chi connectivity index (χ0) is 6.97. The van der Waals surface area contributed by atoms with Gasteiger partial charge in [-0.1, -0.05) is 6.92 Å². The predicted octanol–water partition coefficient (Wildman–Crippen LogP) is 2.26. The lowest BCUT2D eigenvalue weighted by Crippen LogP contribution is -2.15. The molecule has 0 unspecified atom stereocenters. The summed E-state index contributed by atoms with van der Waals surface area (Å²) in [5.41, 5.74) is 0. The molecule has 0 aliphatic carbocycles. The number of thiophene rings is 1. The van der Waals surface area contributed by atoms with Crippen molar-refractivity contribution in [3.05, 3.63) is 10.8 Å². The summed E-state index contributed by atoms with van der Waals surface area (Å²) < 4.78 is 10.8. The lowest BCUT2D eigenvalue weighted by Gasteiger charge is -2.05. The van der Waals surface area contributed by atoms with Gasteiger partial charge in [-0.3, -0.25) is 0 Å². The van der Waals surface area contributed by atoms with Crippen LogP contribution in [0.15, 0.2) is 10.8 Å². The second-order valence-corrected chi connectivity index (χ2v) is 2.92. The summed E-state index contributed by atoms with van der Waals surface area (Å²) in [6.45, 7) is 2.04. The standard InChI is InChI=1S/C7H8O2S/c1-2-7-8-5-3-10-4-6(5)9-7/h3-4,7H,2H2,1H3. The SMILES string of the molecule is CCC1Oc2cscc2O1. The van der Waals surface area contributed by atoms with Crippen molar-refractivity contribution in [1.29, 1.82) is 0 Å². The Morgan fingerprint density at radius 2 is 2.00 bits per heavy atom. The third-order valence-electron chi connectivity index (χ3n) is 1.44. The number of ether oxygens (including phenoxy) is 2. The summed E-state index contributed by atoms with van der Waals surface area (Å²) in [5.74, 6) is 1.80. The van der Waals surface area contributed by atoms with E-state index in [9.17, 15) is 0 Å². The molecule has 0 amide bonds. The van der Waals surface area contributed by atoms with Gasteiger partial charge in [-0.25, -0.2) is 0 Å². The van der Waals surface area contributed by atoms with E-state index in [1.165, 1.54) is 0 Å². The topological polar surface area (TPSA) is 18.5 Å². The van der Waals surface area contributed by atoms with E-state index in [4.69, 9.17) is 9.47 Å². The van der Waals surface area contributed by atoms with Gasteiger partial charge in [0.05, 0.1) is 0 Å². The Bertz CT molecular complexity index is 211. The van der Waals surface area contributed by atoms with Crippen LogP contribution in [-0.2, 0) is 0 Å². The second kappa shape index (κ2) is 2.16. The first-order valence-electron chi connectivity index (χ1n) is 3.29. The van der Waals surface area contributed by atoms with Crippen molar-refractivity contribution in [2.75, 3.05) is 0 Å². The fraction of sp³-hybridized carbons (Fsp3) is 0.429. The van der Waals surface area contributed by atoms with Crippen LogP contribution in [0.2, 0.25) is 0 Å². The van der Waals surface area contributed by atoms with Gasteiger partial charge in [0.25, 0.3) is 0 Å². The highest BCUT2D eigenvalue weighted by atomic mass is 32.1. The molecule has 0 aromatic carbocycles. The van der Waals surface area contributed by atoms with E-state index >= 15 is 0 Å². The minimum absolute atomic E-state index is 0.0431. The zero-order valence-corrected chi connectivity index (χ0v) is 6.48. The van der Waals surface area contributed by atoms with Crippen LogP contribution in [0.3, 0.4) is 0 Å². The van der Waals surface area contributed by atoms with Gasteiger partial charge in [0.1, 0.15) is 0 Å². The molecule has 0 saturated carbocycles. The monoisotopic (exact) mass is 156 g/mol. The third-order valence-corrected chi connectivity index (χ3v) is 2.14. The molecule has 10 heavy (non-hydrogen) atoms. The molecule has 1 aromatic rings. The van der Waals surface area contributed by atoms with E-state index in [0.29, 0.717) is 0 Å². The molecule has 0 saturated heterocycles. The van der Waals surface area contributed by atoms with Crippen LogP contribution in [0.1, 0.15) is 13.3 Å². The number of hydrogen-bond donors (Lipinski definition) is 0. The number of rotatable bonds is 1. The molecule has 2 rings (SSSR count). The summed E-state index contributed by atoms with van der Waals surface area (Å²) in [6, 6.07) is 0. The first-order valence-corrected chi connectivity index (χ1v) is 4.24. The molecule has 1 aromatic heterocycles. The average molecular weight is 156 g/mol. The maximum atomic E-state index is 5.38. The summed E-state index contributed by atoms with van der Waals surface area (Å²) in [5, 5.41) is 3.93. The Morgan fingerprint density at radius 1 is 1.40 bits per heavy atom. The lowest BCUT2D eigenvalue weighted by atomic mass is 10.5. The molecular formula is C7H8O2S. The summed E-state index contributed by atoms with van der Waals surface area (Å²) in [6.07, 6.45) is 0.859. The Balaban J connectivity index is 2.21. The molecule has 54 valence electrons. The van der Waals surface area contributed by atoms with Gasteiger partial charge in [-0.05, 0) is 0 Å². The highest BCUT2D eigenvalue weighted by molar-refractivity contribution is 7.08. The van der Waals surface area contributed by atoms with Crippen LogP contribution in [0.25, 0.3) is 0 Å². The van der Waals surface area contributed by atoms with Crippen LogP contribution in [0, 0.1) is 0 Å². The molecule has 1 aliphatic rings. The summed E-state index contributed by atoms with van der Waals surface area (Å²) in [7, 11) is 0. The lowest BCUT2D eigenvalue weighted by molar-refractivity contribution is 0.0464. The highest BCUT2D eigenvalue weighted by Gasteiger charge is 2.22. The maximum absolute atomic E-state index is 5.38. The Labute approximate surface area is 63.4 Å². The van der Waals surface area contributed by atoms with E-state index in [1.807, 2.05) is 17.7 Å². The fourth-order valence-electron chi connectivity index (χ4n) is 0.919. The minimum atomic E-state index is -0.0431. The van der Waals surface area contributed by atoms with Gasteiger partial charge in [0, 0.05) is 17.2 Å². The summed E-state index contributed by atoms with van der Waals surface area (Å²) in [4.78, 5) is 0. The normalized spacial score (nSPS) is 16.1. The van der Waals surface area contributed by atoms with Gasteiger partial charge in [-0.2, -0.15) is 0 Å². The van der Waals surface area contributed by atoms with Crippen LogP contribution >= 0.6 is 11.3 Å². The van der Waals surface area contributed by atoms with Crippen LogP contribution < -0.4 is 9.47 Å². The maximum Gasteiger partial charge on any atom is 0.241 e. The zero-order valence-electron chi connectivity index (χ0n) is 5.66. The van der Waals surface area contributed by atoms with Crippen LogP contribution in [0.4, 0.5) is 0 Å². The third kappa shape index (κ3) is 0.778. The van der Waals surface area contributed by atoms with E-state index in [0.717, 1.165) is 17.9 Å². The molecule has 0 bridgehead atoms. The van der Waals surface area contributed by atoms with Crippen molar-refractivity contribution >= 4 is 11.3 Å². The van der Waals surface area contributed by atoms with Gasteiger partial charge in [-0.15, -0.1) is 11.3 Å². The van der Waals surface area contributed by atoms with Gasteiger partial charge >= 0.3 is 0 Å². The smallest absolute Gasteiger partial charge is 0.241 e. The number of hydrogen-bond acceptors (Lipinski definition) is 3. The van der Waals surface area contributed by atoms with Crippen molar-refractivity contribution in [2.24, 2.45) is 0 Å². The molecule has 0 N–H and O–H groups in total. The van der Waals surface area contributed by atoms with Crippen LogP contribution in [0.5, 0.6) is 11.5 Å². The molecule has 0 radical (unpaired) electrons. The minimum Gasteiger partial charge on any atom is -0.450 e. The van der Waals surface area contributed by atoms with Gasteiger partial charge < -0.3 is 9.47 Å². The molecule has 0 atom stereocenters. The van der Waals surface area contributed by atoms with E-state index < -0.39 is 0 Å². The van der Waals surface area contributed by atoms with Crippen molar-refractivity contribution in [2.45, 2.75) is 19.6 Å². The molecule has 2 nitrogen and oxygen atoms in total. The van der Waals surface area contributed by atoms with Gasteiger partial charge in [0.15, 0.2) is 11.5 Å². The van der Waals surface area contributed by atoms with Crippen molar-refractivity contribution < 1.29 is 9.47 Å². The Morgan fingerprint density at radius 3 is 2.50 bits per heavy atom. The first-order chi connectivity index (χ1) is 4.90. The average Bonchev–Trinajstić information content (AvgIpc) is 2.42. The van der Waals surface area contributed by atoms with Crippen LogP contribution in [-0.4, -0.2) is 6.29 Å². The van der Waals surface area contributed by atoms with E-state index in [2.05, 4.69) is 0 Å². The molecule has 0 fully saturated rings. The molecule has 0 spiro atoms. The Kier molecular flexibility index (Phi) is 1.31. The summed E-state index contributed by atoms with van der Waals surface area (Å²) >= 11 is 1.60. The van der Waals surface area contributed by atoms with E-state index in [1.54, 1.807) is 11.3 Å². The van der Waals surface area contributed by atoms with Crippen molar-refractivity contribution in [3.8, 4) is 11.5 Å². The molecule has 1 aliphatic heterocycles. The highest BCUT2D eigenvalue weighted by Crippen LogP contribution is 2.38. The second-order valence-electron chi connectivity index (χ2n) is 2.17. The first kappa shape index (κ1) is 6.04.